The van der Waals surface area contributed by atoms with Gasteiger partial charge in [-0.1, -0.05) is 17.8 Å². The molecule has 0 amide bonds. The molecule has 1 N–H and O–H groups in total. The van der Waals surface area contributed by atoms with E-state index in [2.05, 4.69) is 20.2 Å². The first kappa shape index (κ1) is 19.0. The van der Waals surface area contributed by atoms with Crippen molar-refractivity contribution in [2.24, 2.45) is 0 Å². The van der Waals surface area contributed by atoms with Crippen LogP contribution in [0.3, 0.4) is 0 Å². The molecule has 3 heterocycles. The van der Waals surface area contributed by atoms with Gasteiger partial charge in [0, 0.05) is 24.0 Å². The van der Waals surface area contributed by atoms with Crippen LogP contribution in [0.4, 0.5) is 0 Å². The highest BCUT2D eigenvalue weighted by Gasteiger charge is 2.21. The Morgan fingerprint density at radius 1 is 1.22 bits per heavy atom. The summed E-state index contributed by atoms with van der Waals surface area (Å²) in [6.45, 7) is 7.78. The van der Waals surface area contributed by atoms with E-state index in [0.717, 1.165) is 11.4 Å². The lowest BCUT2D eigenvalue weighted by molar-refractivity contribution is 0.101. The topological polar surface area (TPSA) is 93.5 Å². The highest BCUT2D eigenvalue weighted by molar-refractivity contribution is 7.99. The van der Waals surface area contributed by atoms with Crippen LogP contribution in [-0.4, -0.2) is 42.1 Å². The average molecular weight is 383 g/mol. The van der Waals surface area contributed by atoms with Gasteiger partial charge < -0.3 is 9.55 Å². The minimum absolute atomic E-state index is 0.0429. The molecule has 3 rings (SSSR count). The summed E-state index contributed by atoms with van der Waals surface area (Å²) < 4.78 is 1.94. The molecule has 0 aliphatic heterocycles. The number of nitrogens with one attached hydrogen (secondary N) is 1. The Labute approximate surface area is 161 Å². The minimum atomic E-state index is -0.0712. The van der Waals surface area contributed by atoms with E-state index in [-0.39, 0.29) is 17.3 Å². The van der Waals surface area contributed by atoms with Gasteiger partial charge >= 0.3 is 0 Å². The van der Waals surface area contributed by atoms with E-state index in [9.17, 15) is 9.59 Å². The number of aryl methyl sites for hydroxylation is 1. The maximum atomic E-state index is 12.7. The molecule has 27 heavy (non-hydrogen) atoms. The molecule has 0 fully saturated rings. The van der Waals surface area contributed by atoms with E-state index >= 15 is 0 Å². The second kappa shape index (κ2) is 7.87. The first-order valence-electron chi connectivity index (χ1n) is 8.64. The largest absolute Gasteiger partial charge is 0.355 e. The molecule has 0 radical (unpaired) electrons. The number of aromatic amines is 1. The van der Waals surface area contributed by atoms with E-state index in [4.69, 9.17) is 0 Å². The average Bonchev–Trinajstić information content (AvgIpc) is 3.20. The Bertz CT molecular complexity index is 991. The highest BCUT2D eigenvalue weighted by atomic mass is 32.2. The second-order valence-corrected chi connectivity index (χ2v) is 7.10. The third kappa shape index (κ3) is 3.71. The molecule has 7 nitrogen and oxygen atoms in total. The zero-order valence-corrected chi connectivity index (χ0v) is 16.6. The van der Waals surface area contributed by atoms with Crippen LogP contribution in [0, 0.1) is 13.8 Å². The Hall–Kier alpha value is -2.74. The molecule has 0 spiro atoms. The maximum Gasteiger partial charge on any atom is 0.191 e. The fourth-order valence-electron chi connectivity index (χ4n) is 3.12. The maximum absolute atomic E-state index is 12.7. The lowest BCUT2D eigenvalue weighted by Crippen LogP contribution is -2.07. The molecule has 0 bridgehead atoms. The lowest BCUT2D eigenvalue weighted by atomic mass is 10.1. The predicted molar refractivity (Wildman–Crippen MR) is 104 cm³/mol. The van der Waals surface area contributed by atoms with Gasteiger partial charge in [-0.2, -0.15) is 0 Å². The van der Waals surface area contributed by atoms with E-state index in [1.807, 2.05) is 29.7 Å². The van der Waals surface area contributed by atoms with Gasteiger partial charge in [0.15, 0.2) is 22.5 Å². The van der Waals surface area contributed by atoms with Crippen molar-refractivity contribution in [3.8, 4) is 11.5 Å². The molecule has 0 atom stereocenters. The van der Waals surface area contributed by atoms with Crippen molar-refractivity contribution in [3.63, 3.8) is 0 Å². The SMILES string of the molecule is CCn1c(SCC(=O)c2[nH]c(C)c(C(C)=O)c2C)nnc1-c1ccccn1. The van der Waals surface area contributed by atoms with Crippen LogP contribution >= 0.6 is 11.8 Å². The summed E-state index contributed by atoms with van der Waals surface area (Å²) in [5, 5.41) is 9.12. The molecule has 140 valence electrons. The standard InChI is InChI=1S/C19H21N5O2S/c1-5-24-18(14-8-6-7-9-20-14)22-23-19(24)27-10-15(26)17-11(2)16(13(4)25)12(3)21-17/h6-9,21H,5,10H2,1-4H3. The summed E-state index contributed by atoms with van der Waals surface area (Å²) in [5.74, 6) is 0.772. The summed E-state index contributed by atoms with van der Waals surface area (Å²) in [6.07, 6.45) is 1.71. The van der Waals surface area contributed by atoms with Crippen molar-refractivity contribution >= 4 is 23.3 Å². The number of ketones is 2. The fourth-order valence-corrected chi connectivity index (χ4v) is 4.00. The van der Waals surface area contributed by atoms with Crippen LogP contribution in [0.15, 0.2) is 29.6 Å². The third-order valence-corrected chi connectivity index (χ3v) is 5.29. The number of pyridine rings is 1. The summed E-state index contributed by atoms with van der Waals surface area (Å²) in [4.78, 5) is 31.8. The molecule has 0 saturated carbocycles. The van der Waals surface area contributed by atoms with Crippen molar-refractivity contribution < 1.29 is 9.59 Å². The number of hydrogen-bond acceptors (Lipinski definition) is 6. The number of Topliss-reactive ketones (excluding diaryl/α,β-unsaturated/α-hetero) is 2. The molecule has 0 unspecified atom stereocenters. The first-order chi connectivity index (χ1) is 12.9. The molecule has 0 aliphatic carbocycles. The smallest absolute Gasteiger partial charge is 0.191 e. The molecule has 0 saturated heterocycles. The van der Waals surface area contributed by atoms with Crippen molar-refractivity contribution in [2.45, 2.75) is 39.4 Å². The number of hydrogen-bond donors (Lipinski definition) is 1. The molecule has 0 aliphatic rings. The molecule has 8 heteroatoms. The van der Waals surface area contributed by atoms with Crippen LogP contribution in [0.5, 0.6) is 0 Å². The van der Waals surface area contributed by atoms with Crippen LogP contribution in [-0.2, 0) is 6.54 Å². The van der Waals surface area contributed by atoms with Gasteiger partial charge in [-0.3, -0.25) is 14.6 Å². The molecule has 3 aromatic heterocycles. The predicted octanol–water partition coefficient (Wildman–Crippen LogP) is 3.48. The van der Waals surface area contributed by atoms with Gasteiger partial charge in [-0.15, -0.1) is 10.2 Å². The number of thioether (sulfide) groups is 1. The molecular weight excluding hydrogens is 362 g/mol. The number of nitrogens with zero attached hydrogens (tertiary/aromatic N) is 4. The number of rotatable bonds is 7. The van der Waals surface area contributed by atoms with Crippen LogP contribution in [0.2, 0.25) is 0 Å². The molecule has 0 aromatic carbocycles. The van der Waals surface area contributed by atoms with Crippen LogP contribution in [0.25, 0.3) is 11.5 Å². The van der Waals surface area contributed by atoms with Crippen LogP contribution < -0.4 is 0 Å². The van der Waals surface area contributed by atoms with Gasteiger partial charge in [0.25, 0.3) is 0 Å². The monoisotopic (exact) mass is 383 g/mol. The number of H-pyrrole nitrogens is 1. The normalized spacial score (nSPS) is 11.0. The van der Waals surface area contributed by atoms with Crippen LogP contribution in [0.1, 0.15) is 46.0 Å². The van der Waals surface area contributed by atoms with E-state index in [1.165, 1.54) is 18.7 Å². The van der Waals surface area contributed by atoms with E-state index in [1.54, 1.807) is 20.0 Å². The number of carbonyl (C=O) groups is 2. The van der Waals surface area contributed by atoms with Crippen molar-refractivity contribution in [1.29, 1.82) is 0 Å². The van der Waals surface area contributed by atoms with Crippen molar-refractivity contribution in [2.75, 3.05) is 5.75 Å². The van der Waals surface area contributed by atoms with E-state index in [0.29, 0.717) is 34.3 Å². The Morgan fingerprint density at radius 2 is 2.00 bits per heavy atom. The summed E-state index contributed by atoms with van der Waals surface area (Å²) in [5.41, 5.74) is 3.25. The zero-order chi connectivity index (χ0) is 19.6. The first-order valence-corrected chi connectivity index (χ1v) is 9.63. The minimum Gasteiger partial charge on any atom is -0.355 e. The lowest BCUT2D eigenvalue weighted by Gasteiger charge is -2.06. The number of carbonyl (C=O) groups excluding carboxylic acids is 2. The van der Waals surface area contributed by atoms with Gasteiger partial charge in [-0.05, 0) is 45.4 Å². The summed E-state index contributed by atoms with van der Waals surface area (Å²) in [7, 11) is 0. The van der Waals surface area contributed by atoms with Gasteiger partial charge in [0.1, 0.15) is 5.69 Å². The van der Waals surface area contributed by atoms with Crippen molar-refractivity contribution in [1.82, 2.24) is 24.7 Å². The quantitative estimate of drug-likeness (QED) is 0.496. The summed E-state index contributed by atoms with van der Waals surface area (Å²) >= 11 is 1.33. The molecule has 3 aromatic rings. The van der Waals surface area contributed by atoms with Gasteiger partial charge in [0.05, 0.1) is 11.4 Å². The third-order valence-electron chi connectivity index (χ3n) is 4.33. The Morgan fingerprint density at radius 3 is 2.59 bits per heavy atom. The van der Waals surface area contributed by atoms with Gasteiger partial charge in [0.2, 0.25) is 0 Å². The second-order valence-electron chi connectivity index (χ2n) is 6.16. The van der Waals surface area contributed by atoms with Gasteiger partial charge in [-0.25, -0.2) is 0 Å². The summed E-state index contributed by atoms with van der Waals surface area (Å²) in [6, 6.07) is 5.63. The zero-order valence-electron chi connectivity index (χ0n) is 15.7. The number of aromatic nitrogens is 5. The highest BCUT2D eigenvalue weighted by Crippen LogP contribution is 2.25. The molecular formula is C19H21N5O2S. The Kier molecular flexibility index (Phi) is 5.55. The van der Waals surface area contributed by atoms with E-state index < -0.39 is 0 Å². The Balaban J connectivity index is 1.80. The fraction of sp³-hybridized carbons (Fsp3) is 0.316. The van der Waals surface area contributed by atoms with Crippen molar-refractivity contribution in [3.05, 3.63) is 46.9 Å².